The fourth-order valence-corrected chi connectivity index (χ4v) is 1.95. The van der Waals surface area contributed by atoms with E-state index < -0.39 is 0 Å². The standard InChI is InChI=1S/C13H29N/c1-7-13(10(2)3)8-12(6)9-14-11(4)5/h10-14H,7-9H2,1-6H3. The van der Waals surface area contributed by atoms with Gasteiger partial charge in [0.15, 0.2) is 0 Å². The van der Waals surface area contributed by atoms with Gasteiger partial charge in [-0.1, -0.05) is 48.0 Å². The lowest BCUT2D eigenvalue weighted by Crippen LogP contribution is -2.29. The number of hydrogen-bond donors (Lipinski definition) is 1. The Bertz CT molecular complexity index is 129. The molecule has 0 spiro atoms. The Balaban J connectivity index is 3.73. The minimum atomic E-state index is 0.622. The van der Waals surface area contributed by atoms with Crippen LogP contribution in [0.2, 0.25) is 0 Å². The van der Waals surface area contributed by atoms with Crippen LogP contribution in [0.15, 0.2) is 0 Å². The van der Waals surface area contributed by atoms with E-state index in [2.05, 4.69) is 46.9 Å². The van der Waals surface area contributed by atoms with E-state index in [-0.39, 0.29) is 0 Å². The maximum atomic E-state index is 3.51. The van der Waals surface area contributed by atoms with Crippen molar-refractivity contribution < 1.29 is 0 Å². The first-order valence-electron chi connectivity index (χ1n) is 6.20. The molecule has 0 amide bonds. The van der Waals surface area contributed by atoms with E-state index in [4.69, 9.17) is 0 Å². The van der Waals surface area contributed by atoms with Gasteiger partial charge in [0.25, 0.3) is 0 Å². The van der Waals surface area contributed by atoms with Gasteiger partial charge in [-0.15, -0.1) is 0 Å². The monoisotopic (exact) mass is 199 g/mol. The predicted molar refractivity (Wildman–Crippen MR) is 65.5 cm³/mol. The summed E-state index contributed by atoms with van der Waals surface area (Å²) in [5, 5.41) is 3.51. The molecule has 0 saturated heterocycles. The summed E-state index contributed by atoms with van der Waals surface area (Å²) in [6.45, 7) is 15.0. The molecule has 14 heavy (non-hydrogen) atoms. The van der Waals surface area contributed by atoms with Gasteiger partial charge in [-0.3, -0.25) is 0 Å². The van der Waals surface area contributed by atoms with Crippen molar-refractivity contribution in [3.8, 4) is 0 Å². The second-order valence-corrected chi connectivity index (χ2v) is 5.32. The van der Waals surface area contributed by atoms with E-state index in [1.807, 2.05) is 0 Å². The lowest BCUT2D eigenvalue weighted by atomic mass is 9.85. The minimum Gasteiger partial charge on any atom is -0.314 e. The van der Waals surface area contributed by atoms with Crippen molar-refractivity contribution >= 4 is 0 Å². The quantitative estimate of drug-likeness (QED) is 0.659. The summed E-state index contributed by atoms with van der Waals surface area (Å²) in [6.07, 6.45) is 2.69. The molecule has 2 atom stereocenters. The normalized spacial score (nSPS) is 16.3. The molecule has 0 aliphatic carbocycles. The maximum absolute atomic E-state index is 3.51. The minimum absolute atomic E-state index is 0.622. The summed E-state index contributed by atoms with van der Waals surface area (Å²) in [7, 11) is 0. The summed E-state index contributed by atoms with van der Waals surface area (Å²) in [6, 6.07) is 0.622. The largest absolute Gasteiger partial charge is 0.314 e. The highest BCUT2D eigenvalue weighted by molar-refractivity contribution is 4.67. The Hall–Kier alpha value is -0.0400. The highest BCUT2D eigenvalue weighted by Crippen LogP contribution is 2.22. The molecule has 0 saturated carbocycles. The number of hydrogen-bond acceptors (Lipinski definition) is 1. The summed E-state index contributed by atoms with van der Waals surface area (Å²) in [4.78, 5) is 0. The van der Waals surface area contributed by atoms with Crippen LogP contribution in [0.5, 0.6) is 0 Å². The lowest BCUT2D eigenvalue weighted by Gasteiger charge is -2.23. The van der Waals surface area contributed by atoms with Crippen LogP contribution < -0.4 is 5.32 Å². The number of rotatable bonds is 7. The van der Waals surface area contributed by atoms with Crippen LogP contribution in [0.4, 0.5) is 0 Å². The van der Waals surface area contributed by atoms with Gasteiger partial charge in [0.2, 0.25) is 0 Å². The first kappa shape index (κ1) is 14.0. The molecule has 0 aliphatic rings. The molecule has 2 unspecified atom stereocenters. The third-order valence-corrected chi connectivity index (χ3v) is 3.05. The van der Waals surface area contributed by atoms with Gasteiger partial charge in [0, 0.05) is 6.04 Å². The van der Waals surface area contributed by atoms with Crippen molar-refractivity contribution in [3.05, 3.63) is 0 Å². The average Bonchev–Trinajstić information content (AvgIpc) is 2.10. The van der Waals surface area contributed by atoms with Crippen molar-refractivity contribution in [2.24, 2.45) is 17.8 Å². The number of nitrogens with one attached hydrogen (secondary N) is 1. The lowest BCUT2D eigenvalue weighted by molar-refractivity contribution is 0.290. The van der Waals surface area contributed by atoms with E-state index >= 15 is 0 Å². The molecule has 0 aromatic heterocycles. The smallest absolute Gasteiger partial charge is 0.00104 e. The Morgan fingerprint density at radius 2 is 1.57 bits per heavy atom. The fraction of sp³-hybridized carbons (Fsp3) is 1.00. The molecule has 86 valence electrons. The Morgan fingerprint density at radius 3 is 1.93 bits per heavy atom. The zero-order valence-electron chi connectivity index (χ0n) is 10.9. The van der Waals surface area contributed by atoms with E-state index in [1.165, 1.54) is 19.4 Å². The van der Waals surface area contributed by atoms with Crippen molar-refractivity contribution in [3.63, 3.8) is 0 Å². The van der Waals surface area contributed by atoms with E-state index in [0.717, 1.165) is 17.8 Å². The molecule has 0 aliphatic heterocycles. The highest BCUT2D eigenvalue weighted by Gasteiger charge is 2.14. The summed E-state index contributed by atoms with van der Waals surface area (Å²) < 4.78 is 0. The Morgan fingerprint density at radius 1 is 1.00 bits per heavy atom. The van der Waals surface area contributed by atoms with E-state index in [0.29, 0.717) is 6.04 Å². The zero-order valence-corrected chi connectivity index (χ0v) is 10.9. The van der Waals surface area contributed by atoms with Crippen LogP contribution in [0, 0.1) is 17.8 Å². The molecular formula is C13H29N. The predicted octanol–water partition coefficient (Wildman–Crippen LogP) is 3.69. The van der Waals surface area contributed by atoms with Gasteiger partial charge in [0.05, 0.1) is 0 Å². The summed E-state index contributed by atoms with van der Waals surface area (Å²) in [5.74, 6) is 2.55. The zero-order chi connectivity index (χ0) is 11.1. The first-order chi connectivity index (χ1) is 6.47. The summed E-state index contributed by atoms with van der Waals surface area (Å²) in [5.41, 5.74) is 0. The van der Waals surface area contributed by atoms with Crippen LogP contribution in [0.1, 0.15) is 54.4 Å². The molecule has 1 heteroatoms. The molecule has 1 N–H and O–H groups in total. The first-order valence-corrected chi connectivity index (χ1v) is 6.20. The van der Waals surface area contributed by atoms with Crippen LogP contribution in [-0.4, -0.2) is 12.6 Å². The SMILES string of the molecule is CCC(CC(C)CNC(C)C)C(C)C. The third-order valence-electron chi connectivity index (χ3n) is 3.05. The maximum Gasteiger partial charge on any atom is 0.00104 e. The van der Waals surface area contributed by atoms with E-state index in [1.54, 1.807) is 0 Å². The van der Waals surface area contributed by atoms with Crippen LogP contribution in [-0.2, 0) is 0 Å². The second kappa shape index (κ2) is 7.28. The van der Waals surface area contributed by atoms with Gasteiger partial charge >= 0.3 is 0 Å². The van der Waals surface area contributed by atoms with E-state index in [9.17, 15) is 0 Å². The van der Waals surface area contributed by atoms with Crippen molar-refractivity contribution in [2.45, 2.75) is 60.4 Å². The van der Waals surface area contributed by atoms with Gasteiger partial charge in [-0.05, 0) is 30.7 Å². The molecule has 0 fully saturated rings. The molecule has 0 rings (SSSR count). The van der Waals surface area contributed by atoms with Crippen molar-refractivity contribution in [1.29, 1.82) is 0 Å². The van der Waals surface area contributed by atoms with Gasteiger partial charge < -0.3 is 5.32 Å². The fourth-order valence-electron chi connectivity index (χ4n) is 1.95. The van der Waals surface area contributed by atoms with Crippen molar-refractivity contribution in [1.82, 2.24) is 5.32 Å². The van der Waals surface area contributed by atoms with Gasteiger partial charge in [0.1, 0.15) is 0 Å². The van der Waals surface area contributed by atoms with Gasteiger partial charge in [-0.25, -0.2) is 0 Å². The highest BCUT2D eigenvalue weighted by atomic mass is 14.9. The Labute approximate surface area is 90.7 Å². The second-order valence-electron chi connectivity index (χ2n) is 5.32. The topological polar surface area (TPSA) is 12.0 Å². The Kier molecular flexibility index (Phi) is 7.26. The van der Waals surface area contributed by atoms with Gasteiger partial charge in [-0.2, -0.15) is 0 Å². The molecule has 0 aromatic rings. The van der Waals surface area contributed by atoms with Crippen LogP contribution in [0.3, 0.4) is 0 Å². The summed E-state index contributed by atoms with van der Waals surface area (Å²) >= 11 is 0. The molecule has 0 radical (unpaired) electrons. The van der Waals surface area contributed by atoms with Crippen LogP contribution >= 0.6 is 0 Å². The molecule has 0 heterocycles. The molecule has 1 nitrogen and oxygen atoms in total. The third kappa shape index (κ3) is 6.42. The average molecular weight is 199 g/mol. The molecule has 0 bridgehead atoms. The molecule has 0 aromatic carbocycles. The molecular weight excluding hydrogens is 170 g/mol. The van der Waals surface area contributed by atoms with Crippen molar-refractivity contribution in [2.75, 3.05) is 6.54 Å². The van der Waals surface area contributed by atoms with Crippen LogP contribution in [0.25, 0.3) is 0 Å².